The molecular formula is C42H24BN3. The third-order valence-corrected chi connectivity index (χ3v) is 10.8. The van der Waals surface area contributed by atoms with Gasteiger partial charge in [-0.3, -0.25) is 0 Å². The van der Waals surface area contributed by atoms with E-state index in [1.165, 1.54) is 98.9 Å². The number of nitrogens with zero attached hydrogens (tertiary/aromatic N) is 3. The van der Waals surface area contributed by atoms with Crippen molar-refractivity contribution in [2.24, 2.45) is 0 Å². The summed E-state index contributed by atoms with van der Waals surface area (Å²) in [5, 5.41) is 7.81. The van der Waals surface area contributed by atoms with Crippen molar-refractivity contribution in [2.75, 3.05) is 0 Å². The Morgan fingerprint density at radius 1 is 0.348 bits per heavy atom. The molecule has 210 valence electrons. The molecule has 10 aromatic rings. The first-order valence-corrected chi connectivity index (χ1v) is 16.1. The van der Waals surface area contributed by atoms with Crippen LogP contribution in [0, 0.1) is 0 Å². The second-order valence-corrected chi connectivity index (χ2v) is 12.9. The van der Waals surface area contributed by atoms with E-state index >= 15 is 0 Å². The zero-order valence-corrected chi connectivity index (χ0v) is 24.8. The maximum Gasteiger partial charge on any atom is 0.252 e. The van der Waals surface area contributed by atoms with E-state index in [9.17, 15) is 0 Å². The molecule has 7 aromatic carbocycles. The van der Waals surface area contributed by atoms with Crippen molar-refractivity contribution in [1.82, 2.24) is 13.7 Å². The molecule has 0 atom stereocenters. The van der Waals surface area contributed by atoms with Crippen LogP contribution in [0.1, 0.15) is 0 Å². The Kier molecular flexibility index (Phi) is 4.06. The van der Waals surface area contributed by atoms with Crippen LogP contribution in [0.25, 0.3) is 82.5 Å². The molecule has 0 spiro atoms. The van der Waals surface area contributed by atoms with Crippen molar-refractivity contribution in [3.8, 4) is 17.1 Å². The van der Waals surface area contributed by atoms with E-state index in [4.69, 9.17) is 0 Å². The van der Waals surface area contributed by atoms with Crippen molar-refractivity contribution >= 4 is 88.5 Å². The predicted octanol–water partition coefficient (Wildman–Crippen LogP) is 8.12. The van der Waals surface area contributed by atoms with Gasteiger partial charge in [-0.05, 0) is 64.9 Å². The number of rotatable bonds is 1. The van der Waals surface area contributed by atoms with Crippen LogP contribution in [0.4, 0.5) is 0 Å². The van der Waals surface area contributed by atoms with Gasteiger partial charge in [0.1, 0.15) is 0 Å². The smallest absolute Gasteiger partial charge is 0.252 e. The molecule has 5 heterocycles. The number of para-hydroxylation sites is 5. The quantitative estimate of drug-likeness (QED) is 0.174. The molecule has 0 amide bonds. The summed E-state index contributed by atoms with van der Waals surface area (Å²) in [5.41, 5.74) is 15.6. The fourth-order valence-corrected chi connectivity index (χ4v) is 9.11. The van der Waals surface area contributed by atoms with E-state index in [0.717, 1.165) is 0 Å². The zero-order chi connectivity index (χ0) is 29.7. The molecule has 2 aliphatic rings. The number of fused-ring (bicyclic) bond motifs is 14. The zero-order valence-electron chi connectivity index (χ0n) is 24.8. The van der Waals surface area contributed by atoms with Crippen LogP contribution in [-0.2, 0) is 0 Å². The van der Waals surface area contributed by atoms with Crippen LogP contribution >= 0.6 is 0 Å². The van der Waals surface area contributed by atoms with Gasteiger partial charge in [0.2, 0.25) is 0 Å². The van der Waals surface area contributed by atoms with Crippen LogP contribution < -0.4 is 16.4 Å². The lowest BCUT2D eigenvalue weighted by molar-refractivity contribution is 1.16. The van der Waals surface area contributed by atoms with Gasteiger partial charge >= 0.3 is 0 Å². The normalized spacial score (nSPS) is 13.2. The summed E-state index contributed by atoms with van der Waals surface area (Å²) in [6.07, 6.45) is 0. The van der Waals surface area contributed by atoms with Gasteiger partial charge in [0.15, 0.2) is 0 Å². The minimum Gasteiger partial charge on any atom is -0.310 e. The van der Waals surface area contributed by atoms with Gasteiger partial charge in [-0.25, -0.2) is 0 Å². The highest BCUT2D eigenvalue weighted by Gasteiger charge is 2.40. The molecule has 4 heteroatoms. The summed E-state index contributed by atoms with van der Waals surface area (Å²) < 4.78 is 7.54. The van der Waals surface area contributed by atoms with E-state index in [1.807, 2.05) is 0 Å². The van der Waals surface area contributed by atoms with Crippen LogP contribution in [-0.4, -0.2) is 20.4 Å². The molecule has 0 fully saturated rings. The van der Waals surface area contributed by atoms with Gasteiger partial charge in [0.25, 0.3) is 6.71 Å². The maximum atomic E-state index is 2.57. The van der Waals surface area contributed by atoms with Gasteiger partial charge in [0.05, 0.1) is 27.6 Å². The van der Waals surface area contributed by atoms with Crippen molar-refractivity contribution in [3.05, 3.63) is 146 Å². The molecule has 3 nitrogen and oxygen atoms in total. The third kappa shape index (κ3) is 2.58. The molecule has 0 saturated carbocycles. The Morgan fingerprint density at radius 3 is 1.78 bits per heavy atom. The maximum absolute atomic E-state index is 2.57. The monoisotopic (exact) mass is 581 g/mol. The highest BCUT2D eigenvalue weighted by molar-refractivity contribution is 7.00. The first-order valence-electron chi connectivity index (χ1n) is 16.1. The Balaban J connectivity index is 1.31. The summed E-state index contributed by atoms with van der Waals surface area (Å²) >= 11 is 0. The van der Waals surface area contributed by atoms with Crippen LogP contribution in [0.2, 0.25) is 0 Å². The van der Waals surface area contributed by atoms with Crippen molar-refractivity contribution in [3.63, 3.8) is 0 Å². The molecule has 3 aromatic heterocycles. The number of hydrogen-bond acceptors (Lipinski definition) is 0. The van der Waals surface area contributed by atoms with Gasteiger partial charge < -0.3 is 13.7 Å². The molecule has 0 saturated heterocycles. The highest BCUT2D eigenvalue weighted by Crippen LogP contribution is 2.42. The lowest BCUT2D eigenvalue weighted by atomic mass is 9.34. The van der Waals surface area contributed by atoms with Gasteiger partial charge in [-0.2, -0.15) is 0 Å². The van der Waals surface area contributed by atoms with Crippen molar-refractivity contribution in [2.45, 2.75) is 0 Å². The fraction of sp³-hybridized carbons (Fsp3) is 0. The van der Waals surface area contributed by atoms with Gasteiger partial charge in [-0.15, -0.1) is 0 Å². The number of benzene rings is 7. The standard InChI is InChI=1S/C42H24BN3/c1-2-11-25(12-3-1)44-34-18-7-5-14-27(34)30-23-39-31(24-38(30)44)29-21-22-37-40-42(29)46(39)36-20-9-6-16-32(36)43(40)33-17-10-15-28-26-13-4-8-19-35(26)45(37)41(28)33/h1-24H. The largest absolute Gasteiger partial charge is 0.310 e. The highest BCUT2D eigenvalue weighted by atomic mass is 15.0. The first-order chi connectivity index (χ1) is 22.9. The lowest BCUT2D eigenvalue weighted by Crippen LogP contribution is -2.59. The number of aromatic nitrogens is 3. The van der Waals surface area contributed by atoms with E-state index in [0.29, 0.717) is 0 Å². The minimum absolute atomic E-state index is 0.167. The summed E-state index contributed by atoms with van der Waals surface area (Å²) in [4.78, 5) is 0. The van der Waals surface area contributed by atoms with Crippen LogP contribution in [0.3, 0.4) is 0 Å². The summed E-state index contributed by atoms with van der Waals surface area (Å²) in [6, 6.07) is 54.2. The second-order valence-electron chi connectivity index (χ2n) is 12.9. The average Bonchev–Trinajstić information content (AvgIpc) is 3.75. The van der Waals surface area contributed by atoms with Crippen molar-refractivity contribution in [1.29, 1.82) is 0 Å². The summed E-state index contributed by atoms with van der Waals surface area (Å²) in [6.45, 7) is 0.167. The Morgan fingerprint density at radius 2 is 0.935 bits per heavy atom. The third-order valence-electron chi connectivity index (χ3n) is 10.8. The van der Waals surface area contributed by atoms with Crippen LogP contribution in [0.15, 0.2) is 146 Å². The van der Waals surface area contributed by atoms with E-state index < -0.39 is 0 Å². The Labute approximate surface area is 264 Å². The topological polar surface area (TPSA) is 14.8 Å². The van der Waals surface area contributed by atoms with E-state index in [-0.39, 0.29) is 6.71 Å². The molecule has 0 unspecified atom stereocenters. The molecule has 0 radical (unpaired) electrons. The Bertz CT molecular complexity index is 2980. The lowest BCUT2D eigenvalue weighted by Gasteiger charge is -2.33. The van der Waals surface area contributed by atoms with E-state index in [2.05, 4.69) is 159 Å². The molecule has 0 N–H and O–H groups in total. The summed E-state index contributed by atoms with van der Waals surface area (Å²) in [7, 11) is 0. The summed E-state index contributed by atoms with van der Waals surface area (Å²) in [5.74, 6) is 0. The molecule has 0 bridgehead atoms. The first kappa shape index (κ1) is 23.4. The minimum atomic E-state index is 0.167. The molecule has 46 heavy (non-hydrogen) atoms. The average molecular weight is 581 g/mol. The van der Waals surface area contributed by atoms with Gasteiger partial charge in [-0.1, -0.05) is 97.1 Å². The van der Waals surface area contributed by atoms with Gasteiger partial charge in [0, 0.05) is 54.9 Å². The number of hydrogen-bond donors (Lipinski definition) is 0. The fourth-order valence-electron chi connectivity index (χ4n) is 9.11. The SMILES string of the molecule is c1ccc(-n2c3ccccc3c3cc4c(cc32)c2ccc3c5c2n4-c2ccccc2B5c2cccc4c5ccccc5n-3c24)cc1. The van der Waals surface area contributed by atoms with E-state index in [1.54, 1.807) is 0 Å². The van der Waals surface area contributed by atoms with Crippen LogP contribution in [0.5, 0.6) is 0 Å². The second kappa shape index (κ2) is 7.98. The van der Waals surface area contributed by atoms with Crippen molar-refractivity contribution < 1.29 is 0 Å². The molecule has 2 aliphatic heterocycles. The predicted molar refractivity (Wildman–Crippen MR) is 194 cm³/mol. The molecule has 0 aliphatic carbocycles. The molecule has 12 rings (SSSR count). The Hall–Kier alpha value is -6.00. The molecular weight excluding hydrogens is 557 g/mol.